The summed E-state index contributed by atoms with van der Waals surface area (Å²) in [4.78, 5) is 24.9. The van der Waals surface area contributed by atoms with Gasteiger partial charge >= 0.3 is 5.69 Å². The van der Waals surface area contributed by atoms with Crippen LogP contribution in [-0.2, 0) is 18.8 Å². The highest BCUT2D eigenvalue weighted by Crippen LogP contribution is 2.30. The Morgan fingerprint density at radius 2 is 1.75 bits per heavy atom. The summed E-state index contributed by atoms with van der Waals surface area (Å²) in [5.74, 6) is -0.402. The topological polar surface area (TPSA) is 76.3 Å². The van der Waals surface area contributed by atoms with Crippen LogP contribution in [-0.4, -0.2) is 52.9 Å². The van der Waals surface area contributed by atoms with Gasteiger partial charge in [-0.05, 0) is 35.9 Å². The fraction of sp³-hybridized carbons (Fsp3) is 0.391. The predicted octanol–water partition coefficient (Wildman–Crippen LogP) is 4.24. The van der Waals surface area contributed by atoms with Crippen LogP contribution in [0.15, 0.2) is 45.7 Å². The SMILES string of the molecule is CC(C(=O)c1ccc2c(c1)n(C)c(=O)n2C)c1ccc(Br)cc1Cl.C[N+]1([O-])CCOCC1. The Labute approximate surface area is 200 Å². The van der Waals surface area contributed by atoms with Gasteiger partial charge in [-0.1, -0.05) is 40.5 Å². The zero-order valence-corrected chi connectivity index (χ0v) is 20.9. The Kier molecular flexibility index (Phi) is 7.62. The fourth-order valence-corrected chi connectivity index (χ4v) is 4.47. The van der Waals surface area contributed by atoms with Crippen molar-refractivity contribution in [1.82, 2.24) is 9.13 Å². The van der Waals surface area contributed by atoms with E-state index in [1.54, 1.807) is 54.5 Å². The maximum absolute atomic E-state index is 12.9. The number of hydroxylamine groups is 3. The molecule has 0 bridgehead atoms. The van der Waals surface area contributed by atoms with Crippen LogP contribution in [0, 0.1) is 5.21 Å². The number of morpholine rings is 1. The van der Waals surface area contributed by atoms with Crippen molar-refractivity contribution in [2.75, 3.05) is 33.4 Å². The number of likely N-dealkylation sites (N-methyl/N-ethyl adjacent to an activating group) is 1. The number of hydrogen-bond donors (Lipinski definition) is 0. The third-order valence-electron chi connectivity index (χ3n) is 5.80. The lowest BCUT2D eigenvalue weighted by Crippen LogP contribution is -2.46. The van der Waals surface area contributed by atoms with Crippen LogP contribution in [0.3, 0.4) is 0 Å². The summed E-state index contributed by atoms with van der Waals surface area (Å²) >= 11 is 9.64. The molecule has 1 aromatic heterocycles. The molecule has 0 saturated carbocycles. The second-order valence-electron chi connectivity index (χ2n) is 8.21. The Balaban J connectivity index is 0.000000305. The molecule has 1 fully saturated rings. The predicted molar refractivity (Wildman–Crippen MR) is 130 cm³/mol. The van der Waals surface area contributed by atoms with Gasteiger partial charge in [0.1, 0.15) is 13.1 Å². The number of fused-ring (bicyclic) bond motifs is 1. The minimum Gasteiger partial charge on any atom is -0.633 e. The lowest BCUT2D eigenvalue weighted by molar-refractivity contribution is -0.869. The normalized spacial score (nSPS) is 16.3. The van der Waals surface area contributed by atoms with Crippen molar-refractivity contribution in [3.8, 4) is 0 Å². The molecule has 1 saturated heterocycles. The smallest absolute Gasteiger partial charge is 0.328 e. The number of aryl methyl sites for hydroxylation is 2. The van der Waals surface area contributed by atoms with E-state index in [-0.39, 0.29) is 22.0 Å². The third-order valence-corrected chi connectivity index (χ3v) is 6.62. The van der Waals surface area contributed by atoms with Crippen LogP contribution < -0.4 is 5.69 Å². The first-order chi connectivity index (χ1) is 15.0. The van der Waals surface area contributed by atoms with Gasteiger partial charge in [-0.2, -0.15) is 0 Å². The lowest BCUT2D eigenvalue weighted by atomic mass is 9.92. The summed E-state index contributed by atoms with van der Waals surface area (Å²) in [5, 5.41) is 11.5. The fourth-order valence-electron chi connectivity index (χ4n) is 3.63. The summed E-state index contributed by atoms with van der Waals surface area (Å²) in [5.41, 5.74) is 2.77. The minimum absolute atomic E-state index is 0.0302. The molecule has 1 unspecified atom stereocenters. The van der Waals surface area contributed by atoms with E-state index in [1.165, 1.54) is 0 Å². The lowest BCUT2D eigenvalue weighted by Gasteiger charge is -2.41. The molecule has 1 atom stereocenters. The Bertz CT molecular complexity index is 1190. The number of carbonyl (C=O) groups excluding carboxylic acids is 1. The Morgan fingerprint density at radius 1 is 1.12 bits per heavy atom. The first-order valence-electron chi connectivity index (χ1n) is 10.3. The molecular formula is C23H27BrClN3O4. The molecule has 1 aliphatic heterocycles. The molecule has 0 radical (unpaired) electrons. The molecule has 3 aromatic rings. The van der Waals surface area contributed by atoms with E-state index in [0.717, 1.165) is 21.1 Å². The summed E-state index contributed by atoms with van der Waals surface area (Å²) in [6, 6.07) is 10.8. The molecular weight excluding hydrogens is 498 g/mol. The van der Waals surface area contributed by atoms with E-state index in [4.69, 9.17) is 16.3 Å². The van der Waals surface area contributed by atoms with Gasteiger partial charge in [-0.3, -0.25) is 13.9 Å². The van der Waals surface area contributed by atoms with Crippen molar-refractivity contribution >= 4 is 44.3 Å². The number of rotatable bonds is 3. The number of benzene rings is 2. The highest BCUT2D eigenvalue weighted by Gasteiger charge is 2.21. The van der Waals surface area contributed by atoms with Crippen molar-refractivity contribution in [2.45, 2.75) is 12.8 Å². The average molecular weight is 525 g/mol. The largest absolute Gasteiger partial charge is 0.633 e. The molecule has 7 nitrogen and oxygen atoms in total. The van der Waals surface area contributed by atoms with Gasteiger partial charge in [0.2, 0.25) is 0 Å². The number of ketones is 1. The zero-order chi connectivity index (χ0) is 23.6. The van der Waals surface area contributed by atoms with Gasteiger partial charge in [0, 0.05) is 35.1 Å². The number of ether oxygens (including phenoxy) is 1. The van der Waals surface area contributed by atoms with Crippen molar-refractivity contribution in [1.29, 1.82) is 0 Å². The molecule has 0 amide bonds. The average Bonchev–Trinajstić information content (AvgIpc) is 2.97. The van der Waals surface area contributed by atoms with Crippen LogP contribution in [0.2, 0.25) is 5.02 Å². The molecule has 4 rings (SSSR count). The van der Waals surface area contributed by atoms with Crippen molar-refractivity contribution in [2.24, 2.45) is 14.1 Å². The first-order valence-corrected chi connectivity index (χ1v) is 11.5. The van der Waals surface area contributed by atoms with Gasteiger partial charge in [0.25, 0.3) is 0 Å². The van der Waals surface area contributed by atoms with Crippen LogP contribution in [0.1, 0.15) is 28.8 Å². The standard InChI is InChI=1S/C18H16BrClN2O2.C5H11NO2/c1-10(13-6-5-12(19)9-14(13)20)17(23)11-4-7-15-16(8-11)22(3)18(24)21(15)2;1-6(7)2-4-8-5-3-6/h4-10H,1-3H3;2-5H2,1H3. The van der Waals surface area contributed by atoms with Crippen LogP contribution in [0.4, 0.5) is 0 Å². The van der Waals surface area contributed by atoms with E-state index in [9.17, 15) is 14.8 Å². The summed E-state index contributed by atoms with van der Waals surface area (Å²) in [6.45, 7) is 4.31. The molecule has 0 aliphatic carbocycles. The molecule has 1 aliphatic rings. The van der Waals surface area contributed by atoms with E-state index in [0.29, 0.717) is 36.9 Å². The highest BCUT2D eigenvalue weighted by molar-refractivity contribution is 9.10. The van der Waals surface area contributed by atoms with E-state index < -0.39 is 0 Å². The maximum atomic E-state index is 12.9. The number of carbonyl (C=O) groups is 1. The number of quaternary nitrogens is 1. The van der Waals surface area contributed by atoms with Crippen molar-refractivity contribution in [3.05, 3.63) is 72.7 Å². The molecule has 32 heavy (non-hydrogen) atoms. The second kappa shape index (κ2) is 9.89. The monoisotopic (exact) mass is 523 g/mol. The van der Waals surface area contributed by atoms with E-state index in [1.807, 2.05) is 19.1 Å². The number of nitrogens with zero attached hydrogens (tertiary/aromatic N) is 3. The second-order valence-corrected chi connectivity index (χ2v) is 9.54. The van der Waals surface area contributed by atoms with Crippen molar-refractivity contribution < 1.29 is 14.2 Å². The summed E-state index contributed by atoms with van der Waals surface area (Å²) in [6.07, 6.45) is 0. The van der Waals surface area contributed by atoms with E-state index in [2.05, 4.69) is 15.9 Å². The molecule has 2 heterocycles. The maximum Gasteiger partial charge on any atom is 0.328 e. The number of imidazole rings is 1. The molecule has 2 aromatic carbocycles. The van der Waals surface area contributed by atoms with Crippen LogP contribution in [0.5, 0.6) is 0 Å². The third kappa shape index (κ3) is 5.32. The molecule has 0 spiro atoms. The molecule has 172 valence electrons. The van der Waals surface area contributed by atoms with Gasteiger partial charge in [-0.15, -0.1) is 0 Å². The Hall–Kier alpha value is -1.97. The minimum atomic E-state index is -0.371. The van der Waals surface area contributed by atoms with Crippen LogP contribution in [0.25, 0.3) is 11.0 Å². The number of Topliss-reactive ketones (excluding diaryl/α,β-unsaturated/α-hetero) is 1. The van der Waals surface area contributed by atoms with Gasteiger partial charge < -0.3 is 14.6 Å². The number of aromatic nitrogens is 2. The zero-order valence-electron chi connectivity index (χ0n) is 18.6. The summed E-state index contributed by atoms with van der Waals surface area (Å²) in [7, 11) is 5.10. The van der Waals surface area contributed by atoms with Crippen molar-refractivity contribution in [3.63, 3.8) is 0 Å². The van der Waals surface area contributed by atoms with E-state index >= 15 is 0 Å². The summed E-state index contributed by atoms with van der Waals surface area (Å²) < 4.78 is 8.85. The molecule has 0 N–H and O–H groups in total. The first kappa shape index (κ1) is 24.7. The Morgan fingerprint density at radius 3 is 2.31 bits per heavy atom. The molecule has 9 heteroatoms. The highest BCUT2D eigenvalue weighted by atomic mass is 79.9. The van der Waals surface area contributed by atoms with Gasteiger partial charge in [-0.25, -0.2) is 4.79 Å². The van der Waals surface area contributed by atoms with Gasteiger partial charge in [0.15, 0.2) is 5.78 Å². The number of hydrogen-bond acceptors (Lipinski definition) is 4. The quantitative estimate of drug-likeness (QED) is 0.292. The van der Waals surface area contributed by atoms with Gasteiger partial charge in [0.05, 0.1) is 31.3 Å². The van der Waals surface area contributed by atoms with Crippen LogP contribution >= 0.6 is 27.5 Å². The number of halogens is 2.